The Labute approximate surface area is 203 Å². The Bertz CT molecular complexity index is 1020. The molecule has 0 radical (unpaired) electrons. The molecule has 0 aliphatic heterocycles. The molecule has 0 fully saturated rings. The zero-order chi connectivity index (χ0) is 24.5. The Morgan fingerprint density at radius 3 is 2.22 bits per heavy atom. The third-order valence-corrected chi connectivity index (χ3v) is 5.86. The van der Waals surface area contributed by atoms with Crippen LogP contribution in [0.25, 0.3) is 0 Å². The number of anilines is 1. The zero-order valence-electron chi connectivity index (χ0n) is 18.1. The zero-order valence-corrected chi connectivity index (χ0v) is 22.0. The van der Waals surface area contributed by atoms with Gasteiger partial charge in [-0.05, 0) is 49.2 Å². The van der Waals surface area contributed by atoms with E-state index < -0.39 is 15.5 Å². The highest BCUT2D eigenvalue weighted by Crippen LogP contribution is 2.29. The monoisotopic (exact) mass is 600 g/mol. The summed E-state index contributed by atoms with van der Waals surface area (Å²) in [5.74, 6) is 0. The molecule has 0 aliphatic carbocycles. The molecule has 1 N–H and O–H groups in total. The summed E-state index contributed by atoms with van der Waals surface area (Å²) < 4.78 is 64.9. The van der Waals surface area contributed by atoms with Crippen molar-refractivity contribution < 1.29 is 26.4 Å². The molecule has 2 rings (SSSR count). The minimum Gasteiger partial charge on any atom is -0.391 e. The van der Waals surface area contributed by atoms with Crippen molar-refractivity contribution in [3.8, 4) is 0 Å². The first-order valence-corrected chi connectivity index (χ1v) is 12.8. The maximum atomic E-state index is 12.8. The first kappa shape index (κ1) is 28.4. The Morgan fingerprint density at radius 2 is 1.69 bits per heavy atom. The predicted molar refractivity (Wildman–Crippen MR) is 129 cm³/mol. The third kappa shape index (κ3) is 8.40. The van der Waals surface area contributed by atoms with Gasteiger partial charge in [0.25, 0.3) is 0 Å². The molecule has 0 atom stereocenters. The van der Waals surface area contributed by atoms with Crippen molar-refractivity contribution in [1.29, 1.82) is 0 Å². The lowest BCUT2D eigenvalue weighted by Crippen LogP contribution is -2.30. The second kappa shape index (κ2) is 12.6. The maximum absolute atomic E-state index is 12.8. The van der Waals surface area contributed by atoms with Gasteiger partial charge in [0.15, 0.2) is 0 Å². The summed E-state index contributed by atoms with van der Waals surface area (Å²) in [6.45, 7) is 7.74. The fourth-order valence-electron chi connectivity index (χ4n) is 2.53. The van der Waals surface area contributed by atoms with Gasteiger partial charge in [-0.15, -0.1) is 0 Å². The molecule has 0 amide bonds. The highest BCUT2D eigenvalue weighted by Gasteiger charge is 2.46. The van der Waals surface area contributed by atoms with Gasteiger partial charge in [-0.1, -0.05) is 75.8 Å². The van der Waals surface area contributed by atoms with E-state index in [1.807, 2.05) is 39.0 Å². The third-order valence-electron chi connectivity index (χ3n) is 3.85. The van der Waals surface area contributed by atoms with Crippen molar-refractivity contribution in [1.82, 2.24) is 0 Å². The van der Waals surface area contributed by atoms with Crippen LogP contribution >= 0.6 is 31.9 Å². The normalized spacial score (nSPS) is 12.1. The predicted octanol–water partition coefficient (Wildman–Crippen LogP) is 7.53. The van der Waals surface area contributed by atoms with Crippen LogP contribution in [0.1, 0.15) is 50.3 Å². The summed E-state index contributed by atoms with van der Waals surface area (Å²) in [6, 6.07) is 9.92. The highest BCUT2D eigenvalue weighted by molar-refractivity contribution is 9.11. The summed E-state index contributed by atoms with van der Waals surface area (Å²) in [6.07, 6.45) is 1.01. The number of nitrogens with zero attached hydrogens (tertiary/aromatic N) is 1. The number of alkyl halides is 3. The number of hydrogen-bond acceptors (Lipinski definition) is 4. The molecule has 2 aromatic carbocycles. The summed E-state index contributed by atoms with van der Waals surface area (Å²) in [5, 5.41) is 4.10. The number of rotatable bonds is 8. The van der Waals surface area contributed by atoms with E-state index in [0.29, 0.717) is 18.6 Å². The average molecular weight is 602 g/mol. The standard InChI is InChI=1S/C19H19Br2F3N2O3S.C2H6/c1-3-4-17(25-29-11-13-8-14(20)10-15(21)9-13)16-7-12(2)5-6-18(16)26-30(27,28)19(22,23)24;1-2/h5-10,26H,3-4,11H2,1-2H3;1-2H3/b25-17+;. The van der Waals surface area contributed by atoms with E-state index in [2.05, 4.69) is 37.0 Å². The van der Waals surface area contributed by atoms with Crippen LogP contribution in [0.5, 0.6) is 0 Å². The van der Waals surface area contributed by atoms with E-state index in [0.717, 1.165) is 20.1 Å². The summed E-state index contributed by atoms with van der Waals surface area (Å²) in [5.41, 5.74) is -3.51. The molecule has 0 heterocycles. The van der Waals surface area contributed by atoms with Gasteiger partial charge < -0.3 is 4.84 Å². The van der Waals surface area contributed by atoms with E-state index in [4.69, 9.17) is 4.84 Å². The molecule has 0 spiro atoms. The van der Waals surface area contributed by atoms with Gasteiger partial charge in [-0.2, -0.15) is 21.6 Å². The van der Waals surface area contributed by atoms with Crippen molar-refractivity contribution in [2.75, 3.05) is 4.72 Å². The smallest absolute Gasteiger partial charge is 0.391 e. The number of sulfonamides is 1. The average Bonchev–Trinajstić information content (AvgIpc) is 2.68. The van der Waals surface area contributed by atoms with Crippen LogP contribution in [0.2, 0.25) is 0 Å². The number of hydrogen-bond donors (Lipinski definition) is 1. The number of nitrogens with one attached hydrogen (secondary N) is 1. The molecular formula is C21H25Br2F3N2O3S. The van der Waals surface area contributed by atoms with Crippen molar-refractivity contribution in [3.63, 3.8) is 0 Å². The molecule has 0 aliphatic rings. The van der Waals surface area contributed by atoms with E-state index in [9.17, 15) is 21.6 Å². The Balaban J connectivity index is 0.00000249. The quantitative estimate of drug-likeness (QED) is 0.251. The van der Waals surface area contributed by atoms with Crippen molar-refractivity contribution in [3.05, 3.63) is 62.0 Å². The second-order valence-electron chi connectivity index (χ2n) is 6.44. The number of benzene rings is 2. The Morgan fingerprint density at radius 1 is 1.09 bits per heavy atom. The van der Waals surface area contributed by atoms with Crippen LogP contribution in [0.15, 0.2) is 50.5 Å². The first-order chi connectivity index (χ1) is 14.9. The molecule has 0 saturated carbocycles. The molecule has 0 bridgehead atoms. The number of aryl methyl sites for hydroxylation is 1. The molecule has 0 unspecified atom stereocenters. The molecule has 32 heavy (non-hydrogen) atoms. The van der Waals surface area contributed by atoms with Crippen molar-refractivity contribution in [2.24, 2.45) is 5.16 Å². The minimum atomic E-state index is -5.56. The van der Waals surface area contributed by atoms with Gasteiger partial charge in [-0.3, -0.25) is 4.72 Å². The fourth-order valence-corrected chi connectivity index (χ4v) is 4.51. The van der Waals surface area contributed by atoms with Crippen molar-refractivity contribution in [2.45, 2.75) is 52.7 Å². The lowest BCUT2D eigenvalue weighted by molar-refractivity contribution is -0.0429. The highest BCUT2D eigenvalue weighted by atomic mass is 79.9. The molecule has 178 valence electrons. The van der Waals surface area contributed by atoms with Gasteiger partial charge in [0.2, 0.25) is 0 Å². The van der Waals surface area contributed by atoms with Gasteiger partial charge in [0.1, 0.15) is 6.61 Å². The van der Waals surface area contributed by atoms with Gasteiger partial charge in [0, 0.05) is 14.5 Å². The van der Waals surface area contributed by atoms with Gasteiger partial charge >= 0.3 is 15.5 Å². The Hall–Kier alpha value is -1.59. The van der Waals surface area contributed by atoms with E-state index >= 15 is 0 Å². The molecule has 0 aromatic heterocycles. The number of halogens is 5. The van der Waals surface area contributed by atoms with E-state index in [1.54, 1.807) is 17.7 Å². The van der Waals surface area contributed by atoms with Crippen LogP contribution in [0, 0.1) is 6.92 Å². The van der Waals surface area contributed by atoms with Crippen LogP contribution in [-0.2, 0) is 21.5 Å². The largest absolute Gasteiger partial charge is 0.516 e. The van der Waals surface area contributed by atoms with Crippen LogP contribution in [0.3, 0.4) is 0 Å². The van der Waals surface area contributed by atoms with Gasteiger partial charge in [-0.25, -0.2) is 0 Å². The van der Waals surface area contributed by atoms with Crippen molar-refractivity contribution >= 4 is 53.3 Å². The summed E-state index contributed by atoms with van der Waals surface area (Å²) in [4.78, 5) is 5.44. The number of oxime groups is 1. The second-order valence-corrected chi connectivity index (χ2v) is 9.94. The Kier molecular flexibility index (Phi) is 11.2. The molecule has 0 saturated heterocycles. The lowest BCUT2D eigenvalue weighted by Gasteiger charge is -2.16. The van der Waals surface area contributed by atoms with E-state index in [-0.39, 0.29) is 17.9 Å². The molecular weight excluding hydrogens is 577 g/mol. The molecule has 5 nitrogen and oxygen atoms in total. The van der Waals surface area contributed by atoms with Crippen LogP contribution < -0.4 is 4.72 Å². The molecule has 11 heteroatoms. The van der Waals surface area contributed by atoms with Crippen LogP contribution in [0.4, 0.5) is 18.9 Å². The lowest BCUT2D eigenvalue weighted by atomic mass is 10.0. The SMILES string of the molecule is CC.CCC/C(=N\OCc1cc(Br)cc(Br)c1)c1cc(C)ccc1NS(=O)(=O)C(F)(F)F. The molecule has 2 aromatic rings. The van der Waals surface area contributed by atoms with Gasteiger partial charge in [0.05, 0.1) is 11.4 Å². The van der Waals surface area contributed by atoms with E-state index in [1.165, 1.54) is 12.1 Å². The minimum absolute atomic E-state index is 0.126. The first-order valence-electron chi connectivity index (χ1n) is 9.77. The topological polar surface area (TPSA) is 67.8 Å². The summed E-state index contributed by atoms with van der Waals surface area (Å²) in [7, 11) is -5.56. The van der Waals surface area contributed by atoms with Crippen LogP contribution in [-0.4, -0.2) is 19.6 Å². The fraction of sp³-hybridized carbons (Fsp3) is 0.381. The summed E-state index contributed by atoms with van der Waals surface area (Å²) >= 11 is 6.76. The maximum Gasteiger partial charge on any atom is 0.516 e.